The van der Waals surface area contributed by atoms with Crippen LogP contribution in [-0.2, 0) is 4.74 Å². The van der Waals surface area contributed by atoms with Gasteiger partial charge in [0.25, 0.3) is 0 Å². The quantitative estimate of drug-likeness (QED) is 0.829. The van der Waals surface area contributed by atoms with Crippen molar-refractivity contribution in [1.29, 1.82) is 0 Å². The van der Waals surface area contributed by atoms with Crippen LogP contribution < -0.4 is 10.6 Å². The van der Waals surface area contributed by atoms with Crippen molar-refractivity contribution < 1.29 is 14.6 Å². The van der Waals surface area contributed by atoms with Crippen LogP contribution in [0.4, 0.5) is 10.5 Å². The van der Waals surface area contributed by atoms with Gasteiger partial charge in [-0.25, -0.2) is 4.79 Å². The Balaban J connectivity index is 2.02. The predicted octanol–water partition coefficient (Wildman–Crippen LogP) is 1.46. The molecule has 1 aliphatic rings. The zero-order valence-corrected chi connectivity index (χ0v) is 9.50. The summed E-state index contributed by atoms with van der Waals surface area (Å²) < 4.78 is 5.23. The highest BCUT2D eigenvalue weighted by molar-refractivity contribution is 5.89. The molecule has 1 aromatic carbocycles. The number of carbonyl (C=O) groups excluding carboxylic acids is 1. The minimum atomic E-state index is -0.335. The summed E-state index contributed by atoms with van der Waals surface area (Å²) in [6.07, 6.45) is 1.22. The van der Waals surface area contributed by atoms with Crippen molar-refractivity contribution in [2.24, 2.45) is 5.73 Å². The minimum absolute atomic E-state index is 0.0835. The molecule has 5 nitrogen and oxygen atoms in total. The summed E-state index contributed by atoms with van der Waals surface area (Å²) in [6, 6.07) is 6.50. The first kappa shape index (κ1) is 11.7. The number of hydrogen-bond donors (Lipinski definition) is 2. The summed E-state index contributed by atoms with van der Waals surface area (Å²) in [5, 5.41) is 9.18. The van der Waals surface area contributed by atoms with Crippen LogP contribution in [0.2, 0.25) is 0 Å². The van der Waals surface area contributed by atoms with Crippen LogP contribution in [0.3, 0.4) is 0 Å². The number of hydrogen-bond acceptors (Lipinski definition) is 4. The van der Waals surface area contributed by atoms with E-state index in [1.165, 1.54) is 0 Å². The van der Waals surface area contributed by atoms with Crippen molar-refractivity contribution >= 4 is 11.8 Å². The lowest BCUT2D eigenvalue weighted by atomic mass is 10.2. The standard InChI is InChI=1S/C12H16N2O3/c13-7-1-2-11-8-14(12(16)17-11)9-3-5-10(15)6-4-9/h3-6,11,15H,1-2,7-8,13H2. The zero-order valence-electron chi connectivity index (χ0n) is 9.50. The summed E-state index contributed by atoms with van der Waals surface area (Å²) in [5.74, 6) is 0.181. The fourth-order valence-corrected chi connectivity index (χ4v) is 1.86. The number of anilines is 1. The molecule has 1 fully saturated rings. The SMILES string of the molecule is NCCCC1CN(c2ccc(O)cc2)C(=O)O1. The molecular formula is C12H16N2O3. The molecule has 1 aromatic rings. The molecule has 5 heteroatoms. The van der Waals surface area contributed by atoms with Gasteiger partial charge >= 0.3 is 6.09 Å². The van der Waals surface area contributed by atoms with Gasteiger partial charge in [0.15, 0.2) is 0 Å². The molecule has 1 atom stereocenters. The number of cyclic esters (lactones) is 1. The molecule has 1 unspecified atom stereocenters. The molecule has 92 valence electrons. The molecule has 0 aromatic heterocycles. The van der Waals surface area contributed by atoms with Crippen LogP contribution >= 0.6 is 0 Å². The smallest absolute Gasteiger partial charge is 0.414 e. The molecule has 0 saturated carbocycles. The Hall–Kier alpha value is -1.75. The van der Waals surface area contributed by atoms with Gasteiger partial charge in [0.05, 0.1) is 6.54 Å². The molecule has 3 N–H and O–H groups in total. The Morgan fingerprint density at radius 2 is 2.12 bits per heavy atom. The van der Waals surface area contributed by atoms with E-state index in [1.54, 1.807) is 29.2 Å². The highest BCUT2D eigenvalue weighted by atomic mass is 16.6. The maximum atomic E-state index is 11.6. The Kier molecular flexibility index (Phi) is 3.49. The van der Waals surface area contributed by atoms with E-state index in [0.29, 0.717) is 13.1 Å². The van der Waals surface area contributed by atoms with Crippen molar-refractivity contribution in [2.75, 3.05) is 18.0 Å². The van der Waals surface area contributed by atoms with Gasteiger partial charge in [0.2, 0.25) is 0 Å². The summed E-state index contributed by atoms with van der Waals surface area (Å²) in [6.45, 7) is 1.15. The van der Waals surface area contributed by atoms with Crippen molar-refractivity contribution in [3.05, 3.63) is 24.3 Å². The lowest BCUT2D eigenvalue weighted by molar-refractivity contribution is 0.136. The van der Waals surface area contributed by atoms with E-state index < -0.39 is 0 Å². The van der Waals surface area contributed by atoms with Gasteiger partial charge in [-0.2, -0.15) is 0 Å². The first-order valence-electron chi connectivity index (χ1n) is 5.68. The minimum Gasteiger partial charge on any atom is -0.508 e. The number of nitrogens with zero attached hydrogens (tertiary/aromatic N) is 1. The second kappa shape index (κ2) is 5.05. The van der Waals surface area contributed by atoms with Crippen molar-refractivity contribution in [2.45, 2.75) is 18.9 Å². The molecule has 1 aliphatic heterocycles. The molecule has 0 radical (unpaired) electrons. The third-order valence-electron chi connectivity index (χ3n) is 2.77. The van der Waals surface area contributed by atoms with Crippen molar-refractivity contribution in [3.63, 3.8) is 0 Å². The summed E-state index contributed by atoms with van der Waals surface area (Å²) in [4.78, 5) is 13.2. The zero-order chi connectivity index (χ0) is 12.3. The van der Waals surface area contributed by atoms with Gasteiger partial charge in [-0.1, -0.05) is 0 Å². The first-order chi connectivity index (χ1) is 8.20. The Bertz CT molecular complexity index is 391. The number of aromatic hydroxyl groups is 1. The average Bonchev–Trinajstić information content (AvgIpc) is 2.69. The van der Waals surface area contributed by atoms with Crippen LogP contribution in [0.15, 0.2) is 24.3 Å². The predicted molar refractivity (Wildman–Crippen MR) is 64.0 cm³/mol. The van der Waals surface area contributed by atoms with E-state index in [2.05, 4.69) is 0 Å². The second-order valence-electron chi connectivity index (χ2n) is 4.06. The average molecular weight is 236 g/mol. The number of amides is 1. The van der Waals surface area contributed by atoms with Crippen molar-refractivity contribution in [1.82, 2.24) is 0 Å². The van der Waals surface area contributed by atoms with Crippen LogP contribution in [0.25, 0.3) is 0 Å². The monoisotopic (exact) mass is 236 g/mol. The fraction of sp³-hybridized carbons (Fsp3) is 0.417. The van der Waals surface area contributed by atoms with E-state index in [-0.39, 0.29) is 17.9 Å². The maximum Gasteiger partial charge on any atom is 0.414 e. The Morgan fingerprint density at radius 1 is 1.41 bits per heavy atom. The number of benzene rings is 1. The number of nitrogens with two attached hydrogens (primary N) is 1. The van der Waals surface area contributed by atoms with Crippen LogP contribution in [0.1, 0.15) is 12.8 Å². The van der Waals surface area contributed by atoms with Crippen LogP contribution in [0.5, 0.6) is 5.75 Å². The van der Waals surface area contributed by atoms with Gasteiger partial charge in [-0.05, 0) is 43.7 Å². The lowest BCUT2D eigenvalue weighted by Crippen LogP contribution is -2.24. The molecule has 2 rings (SSSR count). The molecule has 0 aliphatic carbocycles. The summed E-state index contributed by atoms with van der Waals surface area (Å²) in [7, 11) is 0. The number of rotatable bonds is 4. The van der Waals surface area contributed by atoms with Crippen LogP contribution in [-0.4, -0.2) is 30.4 Å². The molecule has 1 heterocycles. The molecule has 0 bridgehead atoms. The highest BCUT2D eigenvalue weighted by Gasteiger charge is 2.31. The topological polar surface area (TPSA) is 75.8 Å². The molecule has 1 saturated heterocycles. The van der Waals surface area contributed by atoms with Gasteiger partial charge in [0.1, 0.15) is 11.9 Å². The molecular weight excluding hydrogens is 220 g/mol. The molecule has 1 amide bonds. The van der Waals surface area contributed by atoms with E-state index in [4.69, 9.17) is 10.5 Å². The fourth-order valence-electron chi connectivity index (χ4n) is 1.86. The summed E-state index contributed by atoms with van der Waals surface area (Å²) in [5.41, 5.74) is 6.16. The number of ether oxygens (including phenoxy) is 1. The Morgan fingerprint density at radius 3 is 2.76 bits per heavy atom. The van der Waals surface area contributed by atoms with Gasteiger partial charge in [0, 0.05) is 5.69 Å². The van der Waals surface area contributed by atoms with E-state index >= 15 is 0 Å². The normalized spacial score (nSPS) is 19.5. The second-order valence-corrected chi connectivity index (χ2v) is 4.06. The number of phenolic OH excluding ortho intramolecular Hbond substituents is 1. The van der Waals surface area contributed by atoms with Gasteiger partial charge in [-0.3, -0.25) is 4.90 Å². The first-order valence-corrected chi connectivity index (χ1v) is 5.68. The number of phenols is 1. The lowest BCUT2D eigenvalue weighted by Gasteiger charge is -2.12. The van der Waals surface area contributed by atoms with E-state index in [9.17, 15) is 9.90 Å². The van der Waals surface area contributed by atoms with Crippen LogP contribution in [0, 0.1) is 0 Å². The molecule has 17 heavy (non-hydrogen) atoms. The largest absolute Gasteiger partial charge is 0.508 e. The van der Waals surface area contributed by atoms with E-state index in [1.807, 2.05) is 0 Å². The third-order valence-corrected chi connectivity index (χ3v) is 2.77. The maximum absolute atomic E-state index is 11.6. The Labute approximate surface area is 99.8 Å². The van der Waals surface area contributed by atoms with Crippen molar-refractivity contribution in [3.8, 4) is 5.75 Å². The van der Waals surface area contributed by atoms with Gasteiger partial charge in [-0.15, -0.1) is 0 Å². The van der Waals surface area contributed by atoms with Gasteiger partial charge < -0.3 is 15.6 Å². The highest BCUT2D eigenvalue weighted by Crippen LogP contribution is 2.24. The summed E-state index contributed by atoms with van der Waals surface area (Å²) >= 11 is 0. The number of carbonyl (C=O) groups is 1. The van der Waals surface area contributed by atoms with E-state index in [0.717, 1.165) is 18.5 Å². The molecule has 0 spiro atoms. The third kappa shape index (κ3) is 2.68.